The van der Waals surface area contributed by atoms with Gasteiger partial charge in [0.1, 0.15) is 10.8 Å². The summed E-state index contributed by atoms with van der Waals surface area (Å²) in [5, 5.41) is 4.46. The number of hydrogen-bond acceptors (Lipinski definition) is 3. The van der Waals surface area contributed by atoms with Gasteiger partial charge in [-0.3, -0.25) is 0 Å². The van der Waals surface area contributed by atoms with Crippen LogP contribution in [-0.2, 0) is 6.54 Å². The Labute approximate surface area is 118 Å². The van der Waals surface area contributed by atoms with Crippen molar-refractivity contribution in [3.05, 3.63) is 50.1 Å². The number of hydrogen-bond donors (Lipinski definition) is 1. The molecular formula is C13H14BrFN2S. The zero-order valence-corrected chi connectivity index (χ0v) is 12.6. The van der Waals surface area contributed by atoms with Gasteiger partial charge in [0.15, 0.2) is 0 Å². The Kier molecular flexibility index (Phi) is 4.48. The molecule has 1 N–H and O–H groups in total. The predicted molar refractivity (Wildman–Crippen MR) is 76.2 cm³/mol. The highest BCUT2D eigenvalue weighted by molar-refractivity contribution is 9.10. The number of nitrogens with one attached hydrogen (secondary N) is 1. The van der Waals surface area contributed by atoms with Crippen molar-refractivity contribution >= 4 is 27.3 Å². The van der Waals surface area contributed by atoms with Crippen molar-refractivity contribution in [1.29, 1.82) is 0 Å². The Morgan fingerprint density at radius 3 is 2.89 bits per heavy atom. The molecule has 0 amide bonds. The van der Waals surface area contributed by atoms with Crippen molar-refractivity contribution in [2.75, 3.05) is 0 Å². The topological polar surface area (TPSA) is 24.9 Å². The van der Waals surface area contributed by atoms with E-state index in [4.69, 9.17) is 0 Å². The van der Waals surface area contributed by atoms with Gasteiger partial charge in [-0.05, 0) is 31.5 Å². The lowest BCUT2D eigenvalue weighted by Gasteiger charge is -2.12. The molecule has 0 spiro atoms. The quantitative estimate of drug-likeness (QED) is 0.909. The van der Waals surface area contributed by atoms with E-state index in [1.165, 1.54) is 17.0 Å². The van der Waals surface area contributed by atoms with Crippen LogP contribution in [0.5, 0.6) is 0 Å². The van der Waals surface area contributed by atoms with E-state index >= 15 is 0 Å². The number of aryl methyl sites for hydroxylation is 1. The molecule has 1 unspecified atom stereocenters. The highest BCUT2D eigenvalue weighted by Crippen LogP contribution is 2.21. The standard InChI is InChI=1S/C13H14BrFN2S/c1-8-6-17-13(18-8)9(2)16-7-10-3-4-11(15)5-12(10)14/h3-6,9,16H,7H2,1-2H3. The van der Waals surface area contributed by atoms with Crippen molar-refractivity contribution in [3.8, 4) is 0 Å². The summed E-state index contributed by atoms with van der Waals surface area (Å²) in [6, 6.07) is 4.93. The van der Waals surface area contributed by atoms with Crippen LogP contribution in [0.1, 0.15) is 28.4 Å². The van der Waals surface area contributed by atoms with Gasteiger partial charge in [-0.1, -0.05) is 22.0 Å². The first kappa shape index (κ1) is 13.6. The summed E-state index contributed by atoms with van der Waals surface area (Å²) in [7, 11) is 0. The smallest absolute Gasteiger partial charge is 0.124 e. The molecule has 0 bridgehead atoms. The monoisotopic (exact) mass is 328 g/mol. The molecule has 0 saturated heterocycles. The van der Waals surface area contributed by atoms with E-state index in [1.807, 2.05) is 13.1 Å². The maximum absolute atomic E-state index is 13.0. The average molecular weight is 329 g/mol. The van der Waals surface area contributed by atoms with E-state index in [-0.39, 0.29) is 11.9 Å². The van der Waals surface area contributed by atoms with E-state index in [9.17, 15) is 4.39 Å². The number of rotatable bonds is 4. The molecule has 0 aliphatic heterocycles. The summed E-state index contributed by atoms with van der Waals surface area (Å²) < 4.78 is 13.7. The zero-order valence-electron chi connectivity index (χ0n) is 10.2. The molecule has 0 aliphatic rings. The van der Waals surface area contributed by atoms with Gasteiger partial charge in [-0.25, -0.2) is 9.37 Å². The molecule has 0 radical (unpaired) electrons. The van der Waals surface area contributed by atoms with Crippen molar-refractivity contribution in [1.82, 2.24) is 10.3 Å². The van der Waals surface area contributed by atoms with Crippen molar-refractivity contribution in [2.24, 2.45) is 0 Å². The Hall–Kier alpha value is -0.780. The second kappa shape index (κ2) is 5.91. The molecule has 0 fully saturated rings. The molecule has 2 rings (SSSR count). The minimum Gasteiger partial charge on any atom is -0.304 e. The number of thiazole rings is 1. The van der Waals surface area contributed by atoms with Crippen LogP contribution in [0.25, 0.3) is 0 Å². The van der Waals surface area contributed by atoms with Crippen LogP contribution in [0, 0.1) is 12.7 Å². The number of benzene rings is 1. The van der Waals surface area contributed by atoms with E-state index < -0.39 is 0 Å². The molecule has 2 nitrogen and oxygen atoms in total. The van der Waals surface area contributed by atoms with Crippen LogP contribution in [0.2, 0.25) is 0 Å². The largest absolute Gasteiger partial charge is 0.304 e. The summed E-state index contributed by atoms with van der Waals surface area (Å²) in [4.78, 5) is 5.56. The third kappa shape index (κ3) is 3.37. The Balaban J connectivity index is 1.99. The average Bonchev–Trinajstić information content (AvgIpc) is 2.74. The maximum atomic E-state index is 13.0. The van der Waals surface area contributed by atoms with Crippen LogP contribution in [0.4, 0.5) is 4.39 Å². The van der Waals surface area contributed by atoms with E-state index in [0.717, 1.165) is 15.0 Å². The molecule has 0 aliphatic carbocycles. The lowest BCUT2D eigenvalue weighted by atomic mass is 10.2. The summed E-state index contributed by atoms with van der Waals surface area (Å²) in [5.74, 6) is -0.228. The zero-order chi connectivity index (χ0) is 13.1. The number of nitrogens with zero attached hydrogens (tertiary/aromatic N) is 1. The molecular weight excluding hydrogens is 315 g/mol. The van der Waals surface area contributed by atoms with Gasteiger partial charge in [0.05, 0.1) is 6.04 Å². The molecule has 5 heteroatoms. The van der Waals surface area contributed by atoms with E-state index in [0.29, 0.717) is 6.54 Å². The molecule has 2 aromatic rings. The van der Waals surface area contributed by atoms with Gasteiger partial charge in [0, 0.05) is 22.1 Å². The van der Waals surface area contributed by atoms with Crippen molar-refractivity contribution in [2.45, 2.75) is 26.4 Å². The molecule has 1 atom stereocenters. The molecule has 18 heavy (non-hydrogen) atoms. The van der Waals surface area contributed by atoms with Gasteiger partial charge in [0.2, 0.25) is 0 Å². The Bertz CT molecular complexity index is 542. The normalized spacial score (nSPS) is 12.7. The minimum absolute atomic E-state index is 0.195. The summed E-state index contributed by atoms with van der Waals surface area (Å²) in [5.41, 5.74) is 1.04. The minimum atomic E-state index is -0.228. The van der Waals surface area contributed by atoms with Gasteiger partial charge in [0.25, 0.3) is 0 Å². The number of aromatic nitrogens is 1. The van der Waals surface area contributed by atoms with Gasteiger partial charge < -0.3 is 5.32 Å². The Morgan fingerprint density at radius 1 is 1.50 bits per heavy atom. The lowest BCUT2D eigenvalue weighted by Crippen LogP contribution is -2.18. The summed E-state index contributed by atoms with van der Waals surface area (Å²) in [6.45, 7) is 4.81. The molecule has 0 saturated carbocycles. The third-order valence-electron chi connectivity index (χ3n) is 2.62. The van der Waals surface area contributed by atoms with Gasteiger partial charge >= 0.3 is 0 Å². The SMILES string of the molecule is Cc1cnc(C(C)NCc2ccc(F)cc2Br)s1. The van der Waals surface area contributed by atoms with Crippen LogP contribution in [-0.4, -0.2) is 4.98 Å². The first-order valence-electron chi connectivity index (χ1n) is 5.66. The van der Waals surface area contributed by atoms with Crippen LogP contribution < -0.4 is 5.32 Å². The first-order chi connectivity index (χ1) is 8.56. The van der Waals surface area contributed by atoms with E-state index in [2.05, 4.69) is 33.2 Å². The van der Waals surface area contributed by atoms with Crippen LogP contribution in [0.3, 0.4) is 0 Å². The fraction of sp³-hybridized carbons (Fsp3) is 0.308. The highest BCUT2D eigenvalue weighted by atomic mass is 79.9. The van der Waals surface area contributed by atoms with Gasteiger partial charge in [-0.2, -0.15) is 0 Å². The van der Waals surface area contributed by atoms with Crippen LogP contribution in [0.15, 0.2) is 28.9 Å². The summed E-state index contributed by atoms with van der Waals surface area (Å²) in [6.07, 6.45) is 1.88. The van der Waals surface area contributed by atoms with Gasteiger partial charge in [-0.15, -0.1) is 11.3 Å². The fourth-order valence-electron chi connectivity index (χ4n) is 1.59. The predicted octanol–water partition coefficient (Wildman–Crippen LogP) is 4.20. The summed E-state index contributed by atoms with van der Waals surface area (Å²) >= 11 is 5.06. The molecule has 96 valence electrons. The fourth-order valence-corrected chi connectivity index (χ4v) is 2.88. The highest BCUT2D eigenvalue weighted by Gasteiger charge is 2.09. The second-order valence-corrected chi connectivity index (χ2v) is 6.27. The Morgan fingerprint density at radius 2 is 2.28 bits per heavy atom. The van der Waals surface area contributed by atoms with Crippen LogP contribution >= 0.6 is 27.3 Å². The lowest BCUT2D eigenvalue weighted by molar-refractivity contribution is 0.569. The molecule has 1 aromatic carbocycles. The first-order valence-corrected chi connectivity index (χ1v) is 7.27. The molecule has 1 heterocycles. The number of halogens is 2. The van der Waals surface area contributed by atoms with Crippen molar-refractivity contribution < 1.29 is 4.39 Å². The molecule has 1 aromatic heterocycles. The third-order valence-corrected chi connectivity index (χ3v) is 4.46. The van der Waals surface area contributed by atoms with Crippen molar-refractivity contribution in [3.63, 3.8) is 0 Å². The maximum Gasteiger partial charge on any atom is 0.124 e. The second-order valence-electron chi connectivity index (χ2n) is 4.15. The van der Waals surface area contributed by atoms with E-state index in [1.54, 1.807) is 17.4 Å².